The van der Waals surface area contributed by atoms with Gasteiger partial charge in [-0.3, -0.25) is 4.90 Å². The molecule has 1 saturated carbocycles. The van der Waals surface area contributed by atoms with Crippen LogP contribution in [0.5, 0.6) is 0 Å². The summed E-state index contributed by atoms with van der Waals surface area (Å²) in [5.41, 5.74) is 9.12. The van der Waals surface area contributed by atoms with Crippen molar-refractivity contribution < 1.29 is 14.7 Å². The zero-order valence-electron chi connectivity index (χ0n) is 18.1. The fraction of sp³-hybridized carbons (Fsp3) is 0.417. The Morgan fingerprint density at radius 2 is 1.91 bits per heavy atom. The number of urea groups is 1. The second-order valence-corrected chi connectivity index (χ2v) is 9.10. The molecule has 172 valence electrons. The highest BCUT2D eigenvalue weighted by atomic mass is 35.5. The molecule has 2 fully saturated rings. The number of carboxylic acids is 1. The van der Waals surface area contributed by atoms with Crippen LogP contribution in [-0.4, -0.2) is 47.7 Å². The van der Waals surface area contributed by atoms with Crippen LogP contribution < -0.4 is 10.6 Å². The average Bonchev–Trinajstić information content (AvgIpc) is 3.14. The molecule has 4 rings (SSSR count). The number of aryl methyl sites for hydroxylation is 1. The first-order valence-electron chi connectivity index (χ1n) is 10.7. The maximum absolute atomic E-state index is 13.2. The molecule has 2 aliphatic rings. The lowest BCUT2D eigenvalue weighted by Gasteiger charge is -2.42. The van der Waals surface area contributed by atoms with Gasteiger partial charge < -0.3 is 15.7 Å². The van der Waals surface area contributed by atoms with Crippen LogP contribution in [0.4, 0.5) is 10.5 Å². The highest BCUT2D eigenvalue weighted by Gasteiger charge is 2.41. The molecule has 8 heteroatoms. The van der Waals surface area contributed by atoms with Gasteiger partial charge in [0.05, 0.1) is 5.56 Å². The first-order chi connectivity index (χ1) is 14.8. The molecule has 3 N–H and O–H groups in total. The van der Waals surface area contributed by atoms with Gasteiger partial charge in [0.15, 0.2) is 0 Å². The third-order valence-electron chi connectivity index (χ3n) is 6.96. The van der Waals surface area contributed by atoms with E-state index in [-0.39, 0.29) is 35.5 Å². The van der Waals surface area contributed by atoms with E-state index in [1.807, 2.05) is 30.0 Å². The predicted molar refractivity (Wildman–Crippen MR) is 129 cm³/mol. The van der Waals surface area contributed by atoms with E-state index in [1.165, 1.54) is 5.56 Å². The maximum atomic E-state index is 13.2. The van der Waals surface area contributed by atoms with Crippen molar-refractivity contribution in [3.63, 3.8) is 0 Å². The molecule has 2 aromatic carbocycles. The second kappa shape index (κ2) is 9.69. The summed E-state index contributed by atoms with van der Waals surface area (Å²) < 4.78 is 0. The van der Waals surface area contributed by atoms with E-state index in [4.69, 9.17) is 17.3 Å². The average molecular weight is 478 g/mol. The molecule has 1 heterocycles. The molecule has 0 atom stereocenters. The highest BCUT2D eigenvalue weighted by Crippen LogP contribution is 2.41. The van der Waals surface area contributed by atoms with Crippen LogP contribution in [-0.2, 0) is 5.41 Å². The molecule has 0 unspecified atom stereocenters. The van der Waals surface area contributed by atoms with Crippen molar-refractivity contribution in [1.29, 1.82) is 0 Å². The van der Waals surface area contributed by atoms with Gasteiger partial charge in [0.1, 0.15) is 0 Å². The van der Waals surface area contributed by atoms with E-state index in [1.54, 1.807) is 23.1 Å². The Bertz CT molecular complexity index is 1010. The van der Waals surface area contributed by atoms with E-state index < -0.39 is 5.97 Å². The number of carbonyl (C=O) groups is 2. The number of hydrogen-bond donors (Lipinski definition) is 2. The maximum Gasteiger partial charge on any atom is 0.335 e. The smallest absolute Gasteiger partial charge is 0.335 e. The number of amides is 2. The normalized spacial score (nSPS) is 23.2. The molecule has 0 radical (unpaired) electrons. The molecule has 2 amide bonds. The highest BCUT2D eigenvalue weighted by molar-refractivity contribution is 6.30. The lowest BCUT2D eigenvalue weighted by Crippen LogP contribution is -2.47. The molecule has 0 bridgehead atoms. The summed E-state index contributed by atoms with van der Waals surface area (Å²) in [6.45, 7) is 3.70. The van der Waals surface area contributed by atoms with Crippen LogP contribution >= 0.6 is 24.0 Å². The van der Waals surface area contributed by atoms with Gasteiger partial charge in [-0.05, 0) is 74.1 Å². The van der Waals surface area contributed by atoms with Crippen LogP contribution in [0.25, 0.3) is 0 Å². The Morgan fingerprint density at radius 1 is 1.19 bits per heavy atom. The summed E-state index contributed by atoms with van der Waals surface area (Å²) in [5, 5.41) is 9.91. The number of nitrogens with zero attached hydrogens (tertiary/aromatic N) is 2. The van der Waals surface area contributed by atoms with Crippen LogP contribution in [0.2, 0.25) is 5.02 Å². The Labute approximate surface area is 199 Å². The lowest BCUT2D eigenvalue weighted by atomic mass is 9.68. The molecular formula is C24H29Cl2N3O3. The number of aromatic carboxylic acids is 1. The fourth-order valence-electron chi connectivity index (χ4n) is 5.10. The fourth-order valence-corrected chi connectivity index (χ4v) is 5.29. The largest absolute Gasteiger partial charge is 0.478 e. The number of benzene rings is 2. The third-order valence-corrected chi connectivity index (χ3v) is 7.19. The summed E-state index contributed by atoms with van der Waals surface area (Å²) in [4.78, 5) is 28.2. The topological polar surface area (TPSA) is 86.9 Å². The van der Waals surface area contributed by atoms with Gasteiger partial charge in [0.2, 0.25) is 0 Å². The third kappa shape index (κ3) is 4.45. The number of carbonyl (C=O) groups excluding carboxylic acids is 1. The van der Waals surface area contributed by atoms with Crippen LogP contribution in [0, 0.1) is 6.92 Å². The molecule has 0 aromatic heterocycles. The molecule has 1 aliphatic heterocycles. The molecule has 0 spiro atoms. The number of anilines is 1. The van der Waals surface area contributed by atoms with Crippen molar-refractivity contribution in [1.82, 2.24) is 4.90 Å². The van der Waals surface area contributed by atoms with Gasteiger partial charge >= 0.3 is 12.0 Å². The Morgan fingerprint density at radius 3 is 2.50 bits per heavy atom. The molecular weight excluding hydrogens is 449 g/mol. The van der Waals surface area contributed by atoms with Crippen molar-refractivity contribution in [2.45, 2.75) is 44.1 Å². The first-order valence-corrected chi connectivity index (χ1v) is 11.1. The number of nitrogens with two attached hydrogens (primary N) is 1. The van der Waals surface area contributed by atoms with Gasteiger partial charge in [0.25, 0.3) is 0 Å². The molecule has 2 aromatic rings. The monoisotopic (exact) mass is 477 g/mol. The first kappa shape index (κ1) is 24.4. The van der Waals surface area contributed by atoms with Crippen molar-refractivity contribution >= 4 is 41.7 Å². The van der Waals surface area contributed by atoms with E-state index in [2.05, 4.69) is 6.07 Å². The van der Waals surface area contributed by atoms with Gasteiger partial charge in [-0.1, -0.05) is 23.7 Å². The Balaban J connectivity index is 0.00000289. The van der Waals surface area contributed by atoms with Crippen molar-refractivity contribution in [2.24, 2.45) is 5.73 Å². The number of hydrogen-bond acceptors (Lipinski definition) is 3. The summed E-state index contributed by atoms with van der Waals surface area (Å²) in [7, 11) is 0. The number of rotatable bonds is 5. The molecule has 1 aliphatic carbocycles. The molecule has 6 nitrogen and oxygen atoms in total. The minimum absolute atomic E-state index is 0. The SMILES string of the molecule is Cc1cc(C(=O)O)ccc1N1CCN(C2CCC(CN)(c3cccc(Cl)c3)CC2)C1=O.Cl. The predicted octanol–water partition coefficient (Wildman–Crippen LogP) is 4.85. The van der Waals surface area contributed by atoms with Gasteiger partial charge in [0, 0.05) is 41.8 Å². The van der Waals surface area contributed by atoms with Crippen molar-refractivity contribution in [3.8, 4) is 0 Å². The summed E-state index contributed by atoms with van der Waals surface area (Å²) in [5.74, 6) is -0.964. The lowest BCUT2D eigenvalue weighted by molar-refractivity contribution is 0.0696. The second-order valence-electron chi connectivity index (χ2n) is 8.66. The van der Waals surface area contributed by atoms with Crippen LogP contribution in [0.15, 0.2) is 42.5 Å². The summed E-state index contributed by atoms with van der Waals surface area (Å²) in [6.07, 6.45) is 3.65. The van der Waals surface area contributed by atoms with Crippen LogP contribution in [0.3, 0.4) is 0 Å². The number of halogens is 2. The summed E-state index contributed by atoms with van der Waals surface area (Å²) >= 11 is 6.22. The van der Waals surface area contributed by atoms with Crippen LogP contribution in [0.1, 0.15) is 47.2 Å². The molecule has 1 saturated heterocycles. The van der Waals surface area contributed by atoms with E-state index in [0.29, 0.717) is 19.6 Å². The van der Waals surface area contributed by atoms with E-state index in [0.717, 1.165) is 42.0 Å². The van der Waals surface area contributed by atoms with E-state index >= 15 is 0 Å². The summed E-state index contributed by atoms with van der Waals surface area (Å²) in [6, 6.07) is 13.1. The zero-order chi connectivity index (χ0) is 22.2. The Kier molecular flexibility index (Phi) is 7.38. The van der Waals surface area contributed by atoms with Gasteiger partial charge in [-0.2, -0.15) is 0 Å². The number of carboxylic acid groups (broad SMARTS) is 1. The zero-order valence-corrected chi connectivity index (χ0v) is 19.7. The van der Waals surface area contributed by atoms with Gasteiger partial charge in [-0.25, -0.2) is 9.59 Å². The van der Waals surface area contributed by atoms with Crippen molar-refractivity contribution in [2.75, 3.05) is 24.5 Å². The minimum Gasteiger partial charge on any atom is -0.478 e. The van der Waals surface area contributed by atoms with Crippen molar-refractivity contribution in [3.05, 3.63) is 64.2 Å². The minimum atomic E-state index is -0.964. The van der Waals surface area contributed by atoms with Gasteiger partial charge in [-0.15, -0.1) is 12.4 Å². The Hall–Kier alpha value is -2.28. The van der Waals surface area contributed by atoms with E-state index in [9.17, 15) is 14.7 Å². The standard InChI is InChI=1S/C24H28ClN3O3.ClH/c1-16-13-17(22(29)30)5-6-21(16)28-12-11-27(23(28)31)20-7-9-24(15-26,10-8-20)18-3-2-4-19(25)14-18;/h2-6,13-14,20H,7-12,15,26H2,1H3,(H,29,30);1H. The quantitative estimate of drug-likeness (QED) is 0.643. The molecule has 32 heavy (non-hydrogen) atoms.